The standard InChI is InChI=1S/C24H41FN2O4Si/c1-23(2,3)31-22(28)27-14-12-26(13-15-27)20-11-10-18(16-19(20)25)21(29-7)17-30-32(8,9)24(4,5)6/h10-11,16,21H,12-15,17H2,1-9H3. The van der Waals surface area contributed by atoms with Crippen LogP contribution in [0.5, 0.6) is 0 Å². The highest BCUT2D eigenvalue weighted by molar-refractivity contribution is 6.74. The number of halogens is 1. The Morgan fingerprint density at radius 2 is 1.69 bits per heavy atom. The first kappa shape index (κ1) is 26.6. The molecule has 0 radical (unpaired) electrons. The van der Waals surface area contributed by atoms with Gasteiger partial charge in [0, 0.05) is 33.3 Å². The van der Waals surface area contributed by atoms with Gasteiger partial charge in [0.25, 0.3) is 0 Å². The van der Waals surface area contributed by atoms with E-state index in [0.29, 0.717) is 38.5 Å². The third kappa shape index (κ3) is 6.93. The highest BCUT2D eigenvalue weighted by Gasteiger charge is 2.37. The largest absolute Gasteiger partial charge is 0.444 e. The first-order valence-electron chi connectivity index (χ1n) is 11.3. The zero-order valence-electron chi connectivity index (χ0n) is 21.3. The first-order chi connectivity index (χ1) is 14.6. The summed E-state index contributed by atoms with van der Waals surface area (Å²) in [5, 5.41) is 0.0991. The van der Waals surface area contributed by atoms with Crippen LogP contribution >= 0.6 is 0 Å². The molecule has 2 rings (SSSR count). The van der Waals surface area contributed by atoms with Crippen LogP contribution in [0.15, 0.2) is 18.2 Å². The molecule has 0 spiro atoms. The van der Waals surface area contributed by atoms with Gasteiger partial charge in [-0.2, -0.15) is 0 Å². The molecular formula is C24H41FN2O4Si. The van der Waals surface area contributed by atoms with Crippen molar-refractivity contribution in [2.45, 2.75) is 71.4 Å². The summed E-state index contributed by atoms with van der Waals surface area (Å²) in [5.74, 6) is -0.289. The van der Waals surface area contributed by atoms with E-state index in [1.54, 1.807) is 24.1 Å². The van der Waals surface area contributed by atoms with Crippen LogP contribution < -0.4 is 4.90 Å². The zero-order chi connectivity index (χ0) is 24.3. The Morgan fingerprint density at radius 1 is 1.09 bits per heavy atom. The molecule has 1 unspecified atom stereocenters. The van der Waals surface area contributed by atoms with Gasteiger partial charge in [0.1, 0.15) is 17.5 Å². The lowest BCUT2D eigenvalue weighted by Gasteiger charge is -2.37. The van der Waals surface area contributed by atoms with E-state index in [1.165, 1.54) is 0 Å². The number of hydrogen-bond donors (Lipinski definition) is 0. The maximum Gasteiger partial charge on any atom is 0.410 e. The molecule has 1 heterocycles. The number of anilines is 1. The Labute approximate surface area is 194 Å². The van der Waals surface area contributed by atoms with Gasteiger partial charge in [0.2, 0.25) is 0 Å². The number of carbonyl (C=O) groups is 1. The van der Waals surface area contributed by atoms with Crippen molar-refractivity contribution in [2.75, 3.05) is 44.8 Å². The molecule has 0 N–H and O–H groups in total. The summed E-state index contributed by atoms with van der Waals surface area (Å²) in [6, 6.07) is 5.24. The van der Waals surface area contributed by atoms with Crippen molar-refractivity contribution in [1.29, 1.82) is 0 Å². The maximum atomic E-state index is 15.0. The molecule has 0 saturated carbocycles. The van der Waals surface area contributed by atoms with Crippen LogP contribution in [-0.4, -0.2) is 64.8 Å². The minimum Gasteiger partial charge on any atom is -0.444 e. The van der Waals surface area contributed by atoms with Crippen molar-refractivity contribution < 1.29 is 23.1 Å². The molecule has 8 heteroatoms. The van der Waals surface area contributed by atoms with Gasteiger partial charge in [-0.1, -0.05) is 26.8 Å². The van der Waals surface area contributed by atoms with Crippen LogP contribution in [-0.2, 0) is 13.9 Å². The van der Waals surface area contributed by atoms with Crippen LogP contribution in [0.3, 0.4) is 0 Å². The molecule has 1 aliphatic rings. The molecule has 1 aliphatic heterocycles. The van der Waals surface area contributed by atoms with Crippen LogP contribution in [0.4, 0.5) is 14.9 Å². The molecule has 1 atom stereocenters. The lowest BCUT2D eigenvalue weighted by atomic mass is 10.1. The van der Waals surface area contributed by atoms with Crippen molar-refractivity contribution in [1.82, 2.24) is 4.90 Å². The second-order valence-electron chi connectivity index (χ2n) is 11.0. The van der Waals surface area contributed by atoms with Crippen LogP contribution in [0.25, 0.3) is 0 Å². The number of benzene rings is 1. The lowest BCUT2D eigenvalue weighted by Crippen LogP contribution is -2.50. The summed E-state index contributed by atoms with van der Waals surface area (Å²) in [6.45, 7) is 19.0. The molecule has 0 aromatic heterocycles. The summed E-state index contributed by atoms with van der Waals surface area (Å²) in [5.41, 5.74) is 0.778. The summed E-state index contributed by atoms with van der Waals surface area (Å²) in [7, 11) is -0.297. The van der Waals surface area contributed by atoms with Gasteiger partial charge < -0.3 is 23.7 Å². The van der Waals surface area contributed by atoms with Crippen molar-refractivity contribution >= 4 is 20.1 Å². The topological polar surface area (TPSA) is 51.2 Å². The van der Waals surface area contributed by atoms with E-state index in [0.717, 1.165) is 5.56 Å². The van der Waals surface area contributed by atoms with E-state index < -0.39 is 13.9 Å². The number of methoxy groups -OCH3 is 1. The number of hydrogen-bond acceptors (Lipinski definition) is 5. The van der Waals surface area contributed by atoms with E-state index >= 15 is 4.39 Å². The van der Waals surface area contributed by atoms with E-state index in [4.69, 9.17) is 13.9 Å². The molecule has 0 bridgehead atoms. The molecule has 182 valence electrons. The van der Waals surface area contributed by atoms with Crippen LogP contribution in [0, 0.1) is 5.82 Å². The monoisotopic (exact) mass is 468 g/mol. The number of amides is 1. The van der Waals surface area contributed by atoms with E-state index in [-0.39, 0.29) is 23.1 Å². The predicted octanol–water partition coefficient (Wildman–Crippen LogP) is 5.59. The summed E-state index contributed by atoms with van der Waals surface area (Å²) in [6.07, 6.45) is -0.644. The highest BCUT2D eigenvalue weighted by atomic mass is 28.4. The van der Waals surface area contributed by atoms with Gasteiger partial charge in [0.15, 0.2) is 8.32 Å². The van der Waals surface area contributed by atoms with E-state index in [9.17, 15) is 4.79 Å². The molecule has 1 aromatic rings. The summed E-state index contributed by atoms with van der Waals surface area (Å²) >= 11 is 0. The fourth-order valence-corrected chi connectivity index (χ4v) is 4.24. The highest BCUT2D eigenvalue weighted by Crippen LogP contribution is 2.37. The minimum atomic E-state index is -1.92. The number of nitrogens with zero attached hydrogens (tertiary/aromatic N) is 2. The molecule has 32 heavy (non-hydrogen) atoms. The van der Waals surface area contributed by atoms with Crippen molar-refractivity contribution in [3.8, 4) is 0 Å². The van der Waals surface area contributed by atoms with E-state index in [2.05, 4.69) is 33.9 Å². The third-order valence-electron chi connectivity index (χ3n) is 6.30. The second kappa shape index (κ2) is 10.1. The van der Waals surface area contributed by atoms with Crippen molar-refractivity contribution in [3.05, 3.63) is 29.6 Å². The molecule has 1 fully saturated rings. The Bertz CT molecular complexity index is 781. The predicted molar refractivity (Wildman–Crippen MR) is 129 cm³/mol. The average molecular weight is 469 g/mol. The second-order valence-corrected chi connectivity index (χ2v) is 15.8. The molecule has 1 aromatic carbocycles. The van der Waals surface area contributed by atoms with Crippen molar-refractivity contribution in [2.24, 2.45) is 0 Å². The van der Waals surface area contributed by atoms with Gasteiger partial charge >= 0.3 is 6.09 Å². The van der Waals surface area contributed by atoms with Crippen molar-refractivity contribution in [3.63, 3.8) is 0 Å². The fraction of sp³-hybridized carbons (Fsp3) is 0.708. The van der Waals surface area contributed by atoms with Gasteiger partial charge in [-0.05, 0) is 56.6 Å². The number of ether oxygens (including phenoxy) is 2. The molecule has 1 saturated heterocycles. The Hall–Kier alpha value is -1.64. The number of piperazine rings is 1. The quantitative estimate of drug-likeness (QED) is 0.509. The fourth-order valence-electron chi connectivity index (χ4n) is 3.24. The van der Waals surface area contributed by atoms with Gasteiger partial charge in [-0.3, -0.25) is 0 Å². The Balaban J connectivity index is 2.02. The molecule has 6 nitrogen and oxygen atoms in total. The van der Waals surface area contributed by atoms with Gasteiger partial charge in [0.05, 0.1) is 12.3 Å². The molecular weight excluding hydrogens is 427 g/mol. The summed E-state index contributed by atoms with van der Waals surface area (Å²) < 4.78 is 32.4. The minimum absolute atomic E-state index is 0.0991. The molecule has 1 amide bonds. The maximum absolute atomic E-state index is 15.0. The Kier molecular flexibility index (Phi) is 8.39. The SMILES string of the molecule is COC(CO[Si](C)(C)C(C)(C)C)c1ccc(N2CCN(C(=O)OC(C)(C)C)CC2)c(F)c1. The van der Waals surface area contributed by atoms with Crippen LogP contribution in [0.2, 0.25) is 18.1 Å². The van der Waals surface area contributed by atoms with Crippen LogP contribution in [0.1, 0.15) is 53.2 Å². The van der Waals surface area contributed by atoms with Gasteiger partial charge in [-0.25, -0.2) is 9.18 Å². The normalized spacial score (nSPS) is 16.8. The Morgan fingerprint density at radius 3 is 2.16 bits per heavy atom. The number of carbonyl (C=O) groups excluding carboxylic acids is 1. The number of rotatable bonds is 6. The van der Waals surface area contributed by atoms with Gasteiger partial charge in [-0.15, -0.1) is 0 Å². The summed E-state index contributed by atoms with van der Waals surface area (Å²) in [4.78, 5) is 15.9. The third-order valence-corrected chi connectivity index (χ3v) is 10.8. The van der Waals surface area contributed by atoms with E-state index in [1.807, 2.05) is 31.7 Å². The average Bonchev–Trinajstić information content (AvgIpc) is 2.66. The zero-order valence-corrected chi connectivity index (χ0v) is 22.3. The lowest BCUT2D eigenvalue weighted by molar-refractivity contribution is 0.0240. The molecule has 0 aliphatic carbocycles. The smallest absolute Gasteiger partial charge is 0.410 e. The first-order valence-corrected chi connectivity index (χ1v) is 14.2.